The Kier molecular flexibility index (Phi) is 17.2. The van der Waals surface area contributed by atoms with Crippen LogP contribution in [0.2, 0.25) is 0 Å². The van der Waals surface area contributed by atoms with Gasteiger partial charge in [0.2, 0.25) is 11.8 Å². The van der Waals surface area contributed by atoms with Gasteiger partial charge in [0.1, 0.15) is 23.4 Å². The number of rotatable bonds is 18. The Morgan fingerprint density at radius 1 is 0.879 bits per heavy atom. The summed E-state index contributed by atoms with van der Waals surface area (Å²) in [5.74, 6) is -4.41. The number of fused-ring (bicyclic) bond motifs is 1. The van der Waals surface area contributed by atoms with E-state index in [2.05, 4.69) is 10.6 Å². The highest BCUT2D eigenvalue weighted by molar-refractivity contribution is 6.16. The minimum absolute atomic E-state index is 0.0572. The molecule has 1 aliphatic carbocycles. The molecule has 1 aromatic heterocycles. The second kappa shape index (κ2) is 21.6. The van der Waals surface area contributed by atoms with Gasteiger partial charge in [0.25, 0.3) is 11.8 Å². The molecule has 2 aromatic rings. The molecular weight excluding hydrogens is 762 g/mol. The quantitative estimate of drug-likeness (QED) is 0.189. The predicted octanol–water partition coefficient (Wildman–Crippen LogP) is 2.83. The van der Waals surface area contributed by atoms with Crippen molar-refractivity contribution >= 4 is 40.6 Å². The lowest BCUT2D eigenvalue weighted by Gasteiger charge is -2.39. The summed E-state index contributed by atoms with van der Waals surface area (Å²) in [6, 6.07) is 0.0883. The molecule has 1 saturated carbocycles. The first-order valence-corrected chi connectivity index (χ1v) is 20.0. The van der Waals surface area contributed by atoms with E-state index in [1.165, 1.54) is 28.5 Å². The first kappa shape index (κ1) is 46.3. The van der Waals surface area contributed by atoms with Gasteiger partial charge in [-0.1, -0.05) is 19.3 Å². The highest BCUT2D eigenvalue weighted by Crippen LogP contribution is 2.30. The molecule has 1 aliphatic heterocycles. The Morgan fingerprint density at radius 2 is 1.45 bits per heavy atom. The largest absolute Gasteiger partial charge is 0.444 e. The molecule has 0 radical (unpaired) electrons. The lowest BCUT2D eigenvalue weighted by atomic mass is 9.83. The number of aliphatic hydroxyl groups excluding tert-OH is 1. The van der Waals surface area contributed by atoms with Crippen LogP contribution in [-0.2, 0) is 35.6 Å². The number of aliphatic hydroxyl groups is 1. The number of ether oxygens (including phenoxy) is 4. The van der Waals surface area contributed by atoms with Crippen LogP contribution in [0, 0.1) is 17.6 Å². The molecule has 2 fully saturated rings. The molecule has 1 saturated heterocycles. The van der Waals surface area contributed by atoms with E-state index in [1.54, 1.807) is 32.6 Å². The number of aryl methyl sites for hydroxylation is 1. The van der Waals surface area contributed by atoms with E-state index in [-0.39, 0.29) is 99.7 Å². The number of nitrogens with zero attached hydrogens (tertiary/aromatic N) is 4. The lowest BCUT2D eigenvalue weighted by molar-refractivity contribution is -0.140. The summed E-state index contributed by atoms with van der Waals surface area (Å²) < 4.78 is 51.8. The molecule has 324 valence electrons. The fourth-order valence-corrected chi connectivity index (χ4v) is 7.11. The number of piperazine rings is 1. The number of hydrogen-bond donors (Lipinski definition) is 3. The molecule has 3 N–H and O–H groups in total. The molecule has 2 heterocycles. The zero-order chi connectivity index (χ0) is 42.6. The van der Waals surface area contributed by atoms with Crippen LogP contribution in [0.4, 0.5) is 13.6 Å². The van der Waals surface area contributed by atoms with Crippen LogP contribution in [0.5, 0.6) is 0 Å². The Labute approximate surface area is 338 Å². The number of hydrogen-bond acceptors (Lipinski definition) is 10. The molecule has 18 heteroatoms. The minimum atomic E-state index is -1.17. The molecule has 58 heavy (non-hydrogen) atoms. The third-order valence-electron chi connectivity index (χ3n) is 10.4. The molecular formula is C40H60F2N6O10. The van der Waals surface area contributed by atoms with Gasteiger partial charge < -0.3 is 49.1 Å². The number of aromatic nitrogens is 1. The number of halogens is 2. The van der Waals surface area contributed by atoms with Gasteiger partial charge >= 0.3 is 6.09 Å². The summed E-state index contributed by atoms with van der Waals surface area (Å²) in [4.78, 5) is 72.5. The van der Waals surface area contributed by atoms with Crippen LogP contribution >= 0.6 is 0 Å². The zero-order valence-corrected chi connectivity index (χ0v) is 34.6. The van der Waals surface area contributed by atoms with Crippen LogP contribution in [0.15, 0.2) is 12.1 Å². The van der Waals surface area contributed by atoms with Crippen molar-refractivity contribution < 1.29 is 56.8 Å². The maximum Gasteiger partial charge on any atom is 0.410 e. The fourth-order valence-electron chi connectivity index (χ4n) is 7.11. The second-order valence-corrected chi connectivity index (χ2v) is 15.7. The highest BCUT2D eigenvalue weighted by Gasteiger charge is 2.38. The summed E-state index contributed by atoms with van der Waals surface area (Å²) in [7, 11) is 2.97. The van der Waals surface area contributed by atoms with Crippen LogP contribution in [-0.4, -0.2) is 158 Å². The van der Waals surface area contributed by atoms with Gasteiger partial charge in [-0.25, -0.2) is 13.6 Å². The molecule has 16 nitrogen and oxygen atoms in total. The van der Waals surface area contributed by atoms with E-state index in [1.807, 2.05) is 0 Å². The average molecular weight is 823 g/mol. The van der Waals surface area contributed by atoms with Crippen molar-refractivity contribution in [3.8, 4) is 0 Å². The van der Waals surface area contributed by atoms with Gasteiger partial charge in [-0.05, 0) is 52.5 Å². The van der Waals surface area contributed by atoms with Crippen molar-refractivity contribution in [2.75, 3.05) is 86.0 Å². The molecule has 0 spiro atoms. The summed E-state index contributed by atoms with van der Waals surface area (Å²) in [6.45, 7) is 8.76. The van der Waals surface area contributed by atoms with Crippen LogP contribution < -0.4 is 10.6 Å². The number of likely N-dealkylation sites (N-methyl/N-ethyl adjacent to an activating group) is 1. The third kappa shape index (κ3) is 12.3. The van der Waals surface area contributed by atoms with E-state index >= 15 is 0 Å². The summed E-state index contributed by atoms with van der Waals surface area (Å²) in [5.41, 5.74) is -0.786. The Hall–Kier alpha value is -4.39. The first-order valence-electron chi connectivity index (χ1n) is 20.0. The number of nitrogens with one attached hydrogen (secondary N) is 2. The summed E-state index contributed by atoms with van der Waals surface area (Å²) in [5, 5.41) is 14.4. The molecule has 1 aromatic carbocycles. The molecule has 0 bridgehead atoms. The van der Waals surface area contributed by atoms with Crippen LogP contribution in [0.25, 0.3) is 10.9 Å². The lowest BCUT2D eigenvalue weighted by Crippen LogP contribution is -2.60. The van der Waals surface area contributed by atoms with E-state index in [4.69, 9.17) is 24.1 Å². The monoisotopic (exact) mass is 822 g/mol. The highest BCUT2D eigenvalue weighted by atomic mass is 19.2. The van der Waals surface area contributed by atoms with Gasteiger partial charge in [0, 0.05) is 58.3 Å². The Morgan fingerprint density at radius 3 is 2.05 bits per heavy atom. The molecule has 5 amide bonds. The van der Waals surface area contributed by atoms with E-state index in [0.717, 1.165) is 44.2 Å². The van der Waals surface area contributed by atoms with Gasteiger partial charge in [0.05, 0.1) is 57.3 Å². The van der Waals surface area contributed by atoms with Crippen molar-refractivity contribution in [3.05, 3.63) is 35.0 Å². The average Bonchev–Trinajstić information content (AvgIpc) is 3.47. The Balaban J connectivity index is 1.43. The molecule has 2 unspecified atom stereocenters. The number of carbonyl (C=O) groups is 5. The normalized spacial score (nSPS) is 16.2. The predicted molar refractivity (Wildman–Crippen MR) is 209 cm³/mol. The van der Waals surface area contributed by atoms with Crippen molar-refractivity contribution in [3.63, 3.8) is 0 Å². The topological polar surface area (TPSA) is 181 Å². The van der Waals surface area contributed by atoms with Crippen molar-refractivity contribution in [2.24, 2.45) is 13.0 Å². The first-order chi connectivity index (χ1) is 27.5. The molecule has 2 atom stereocenters. The van der Waals surface area contributed by atoms with E-state index in [9.17, 15) is 32.8 Å². The SMILES string of the molecule is CC(C(=O)NC(C(=O)N1CCN(C(=O)c2c(C(=O)NCCOCCOCCOCCO)c3cc(F)c(F)cc3n2C)CC1)C1CCCCC1)N(C)C(=O)OC(C)(C)C. The number of amides is 5. The van der Waals surface area contributed by atoms with Crippen molar-refractivity contribution in [2.45, 2.75) is 77.5 Å². The maximum atomic E-state index is 14.6. The van der Waals surface area contributed by atoms with Crippen LogP contribution in [0.3, 0.4) is 0 Å². The third-order valence-corrected chi connectivity index (χ3v) is 10.4. The standard InChI is InChI=1S/C40H60F2N6O10/c1-26(45(5)39(54)58-40(2,3)4)35(50)44-33(27-10-8-7-9-11-27)37(52)47-13-15-48(16-14-47)38(53)34-32(28-24-29(41)30(42)25-31(28)46(34)6)36(51)43-12-18-55-20-22-57-23-21-56-19-17-49/h24-27,33,49H,7-23H2,1-6H3,(H,43,51)(H,44,50). The Bertz CT molecular complexity index is 1740. The second-order valence-electron chi connectivity index (χ2n) is 15.7. The van der Waals surface area contributed by atoms with Crippen molar-refractivity contribution in [1.82, 2.24) is 29.9 Å². The number of benzene rings is 1. The smallest absolute Gasteiger partial charge is 0.410 e. The molecule has 4 rings (SSSR count). The maximum absolute atomic E-state index is 14.6. The summed E-state index contributed by atoms with van der Waals surface area (Å²) >= 11 is 0. The summed E-state index contributed by atoms with van der Waals surface area (Å²) in [6.07, 6.45) is 3.71. The van der Waals surface area contributed by atoms with E-state index in [0.29, 0.717) is 13.2 Å². The fraction of sp³-hybridized carbons (Fsp3) is 0.675. The number of carbonyl (C=O) groups excluding carboxylic acids is 5. The van der Waals surface area contributed by atoms with Crippen molar-refractivity contribution in [1.29, 1.82) is 0 Å². The van der Waals surface area contributed by atoms with Gasteiger partial charge in [-0.3, -0.25) is 24.1 Å². The van der Waals surface area contributed by atoms with Gasteiger partial charge in [-0.15, -0.1) is 0 Å². The van der Waals surface area contributed by atoms with E-state index < -0.39 is 53.1 Å². The minimum Gasteiger partial charge on any atom is -0.444 e. The van der Waals surface area contributed by atoms with Gasteiger partial charge in [-0.2, -0.15) is 0 Å². The molecule has 2 aliphatic rings. The van der Waals surface area contributed by atoms with Gasteiger partial charge in [0.15, 0.2) is 11.6 Å². The van der Waals surface area contributed by atoms with Crippen LogP contribution in [0.1, 0.15) is 80.6 Å². The zero-order valence-electron chi connectivity index (χ0n) is 34.6.